The summed E-state index contributed by atoms with van der Waals surface area (Å²) in [5.74, 6) is 0. The van der Waals surface area contributed by atoms with Crippen LogP contribution in [-0.4, -0.2) is 93.1 Å². The summed E-state index contributed by atoms with van der Waals surface area (Å²) in [7, 11) is 3.29. The van der Waals surface area contributed by atoms with E-state index in [1.165, 1.54) is 4.82 Å². The first-order valence-corrected chi connectivity index (χ1v) is 15.3. The number of rotatable bonds is 16. The van der Waals surface area contributed by atoms with E-state index < -0.39 is 26.9 Å². The van der Waals surface area contributed by atoms with Crippen LogP contribution in [0, 0.1) is 0 Å². The van der Waals surface area contributed by atoms with Gasteiger partial charge in [0.25, 0.3) is 0 Å². The fraction of sp³-hybridized carbons (Fsp3) is 0.875. The monoisotopic (exact) mass is 424 g/mol. The van der Waals surface area contributed by atoms with E-state index in [0.29, 0.717) is 0 Å². The van der Waals surface area contributed by atoms with Gasteiger partial charge in [0.05, 0.1) is 9.52 Å². The van der Waals surface area contributed by atoms with Crippen LogP contribution in [0.3, 0.4) is 0 Å². The summed E-state index contributed by atoms with van der Waals surface area (Å²) in [5.41, 5.74) is 0. The third-order valence-electron chi connectivity index (χ3n) is 4.85. The molecule has 10 heteroatoms. The van der Waals surface area contributed by atoms with Gasteiger partial charge in [-0.05, 0) is 50.5 Å². The third-order valence-corrected chi connectivity index (χ3v) is 14.5. The van der Waals surface area contributed by atoms with Crippen molar-refractivity contribution in [2.24, 2.45) is 0 Å². The van der Waals surface area contributed by atoms with Gasteiger partial charge in [-0.3, -0.25) is 0 Å². The Bertz CT molecular complexity index is 382. The summed E-state index contributed by atoms with van der Waals surface area (Å²) in [6.45, 7) is 9.40. The molecule has 0 unspecified atom stereocenters. The van der Waals surface area contributed by atoms with Crippen LogP contribution in [0.25, 0.3) is 0 Å². The first kappa shape index (κ1) is 26.0. The van der Waals surface area contributed by atoms with Crippen molar-refractivity contribution in [2.45, 2.75) is 32.9 Å². The molecule has 1 N–H and O–H groups in total. The van der Waals surface area contributed by atoms with Crippen molar-refractivity contribution in [1.82, 2.24) is 10.2 Å². The lowest BCUT2D eigenvalue weighted by Crippen LogP contribution is -2.45. The quantitative estimate of drug-likeness (QED) is 0.294. The van der Waals surface area contributed by atoms with Crippen LogP contribution in [0.2, 0.25) is 12.6 Å². The van der Waals surface area contributed by atoms with Gasteiger partial charge in [0.2, 0.25) is 0 Å². The first-order chi connectivity index (χ1) is 12.4. The Morgan fingerprint density at radius 3 is 1.92 bits per heavy atom. The van der Waals surface area contributed by atoms with Gasteiger partial charge in [-0.2, -0.15) is 0 Å². The molecule has 0 aromatic carbocycles. The van der Waals surface area contributed by atoms with Crippen molar-refractivity contribution in [3.63, 3.8) is 0 Å². The molecule has 0 heterocycles. The summed E-state index contributed by atoms with van der Waals surface area (Å²) in [6.07, 6.45) is 4.27. The lowest BCUT2D eigenvalue weighted by Gasteiger charge is -2.28. The van der Waals surface area contributed by atoms with E-state index in [1.54, 1.807) is 35.5 Å². The summed E-state index contributed by atoms with van der Waals surface area (Å²) in [5, 5.41) is 3.56. The molecule has 156 valence electrons. The molecule has 0 aliphatic rings. The lowest BCUT2D eigenvalue weighted by atomic mass is 10.5. The zero-order valence-electron chi connectivity index (χ0n) is 18.0. The molecule has 0 atom stereocenters. The minimum atomic E-state index is -2.45. The molecular weight excluding hydrogens is 384 g/mol. The molecule has 0 aromatic heterocycles. The zero-order chi connectivity index (χ0) is 20.1. The van der Waals surface area contributed by atoms with Crippen LogP contribution in [0.15, 0.2) is 11.0 Å². The number of nitrogens with zero attached hydrogens (tertiary/aromatic N) is 1. The van der Waals surface area contributed by atoms with Crippen LogP contribution in [0.4, 0.5) is 0 Å². The second kappa shape index (κ2) is 14.0. The van der Waals surface area contributed by atoms with Gasteiger partial charge in [0, 0.05) is 54.7 Å². The van der Waals surface area contributed by atoms with Gasteiger partial charge in [0.15, 0.2) is 0 Å². The summed E-state index contributed by atoms with van der Waals surface area (Å²) in [4.78, 5) is 3.72. The van der Waals surface area contributed by atoms with E-state index in [-0.39, 0.29) is 0 Å². The highest BCUT2D eigenvalue weighted by Gasteiger charge is 2.37. The topological polar surface area (TPSA) is 61.4 Å². The Labute approximate surface area is 164 Å². The van der Waals surface area contributed by atoms with Gasteiger partial charge in [0.1, 0.15) is 0 Å². The molecule has 0 aliphatic heterocycles. The predicted octanol–water partition coefficient (Wildman–Crippen LogP) is 1.06. The molecule has 0 amide bonds. The third kappa shape index (κ3) is 8.32. The zero-order valence-corrected chi connectivity index (χ0v) is 21.4. The molecule has 0 saturated carbocycles. The molecule has 0 spiro atoms. The maximum absolute atomic E-state index is 5.79. The van der Waals surface area contributed by atoms with Gasteiger partial charge in [-0.1, -0.05) is 0 Å². The molecule has 26 heavy (non-hydrogen) atoms. The highest BCUT2D eigenvalue weighted by molar-refractivity contribution is 6.86. The number of nitrogens with one attached hydrogen (secondary N) is 1. The van der Waals surface area contributed by atoms with Crippen LogP contribution < -0.4 is 5.32 Å². The van der Waals surface area contributed by atoms with E-state index in [1.807, 2.05) is 0 Å². The summed E-state index contributed by atoms with van der Waals surface area (Å²) >= 11 is 0. The van der Waals surface area contributed by atoms with E-state index in [9.17, 15) is 0 Å². The van der Waals surface area contributed by atoms with E-state index in [0.717, 1.165) is 38.3 Å². The lowest BCUT2D eigenvalue weighted by molar-refractivity contribution is 0.123. The second-order valence-electron chi connectivity index (χ2n) is 6.13. The van der Waals surface area contributed by atoms with Gasteiger partial charge >= 0.3 is 17.4 Å². The Morgan fingerprint density at radius 1 is 0.962 bits per heavy atom. The molecule has 0 aliphatic carbocycles. The Morgan fingerprint density at radius 2 is 1.50 bits per heavy atom. The fourth-order valence-electron chi connectivity index (χ4n) is 2.72. The first-order valence-electron chi connectivity index (χ1n) is 9.32. The highest BCUT2D eigenvalue weighted by atomic mass is 28.4. The summed E-state index contributed by atoms with van der Waals surface area (Å²) < 4.78 is 27.9. The molecule has 0 saturated heterocycles. The van der Waals surface area contributed by atoms with Crippen LogP contribution in [0.1, 0.15) is 20.3 Å². The number of hydrogen-bond acceptors (Lipinski definition) is 7. The fourth-order valence-corrected chi connectivity index (χ4v) is 9.69. The van der Waals surface area contributed by atoms with Gasteiger partial charge in [-0.25, -0.2) is 0 Å². The average Bonchev–Trinajstić information content (AvgIpc) is 2.69. The molecule has 7 nitrogen and oxygen atoms in total. The molecule has 0 aromatic rings. The average molecular weight is 425 g/mol. The second-order valence-corrected chi connectivity index (χ2v) is 15.0. The Balaban J connectivity index is 4.59. The standard InChI is InChI=1S/C16H40N2O5Si3/c1-9-18(10-2)14-16(25(8,19-3)20-4)24-15-17-12-11-13-26(21-5,22-6)23-7/h14,17H,9-13,15,24H2,1-8H3. The Hall–Kier alpha value is -0.0494. The molecule has 0 bridgehead atoms. The highest BCUT2D eigenvalue weighted by Crippen LogP contribution is 2.17. The maximum Gasteiger partial charge on any atom is 0.500 e. The molecular formula is C16H40N2O5Si3. The largest absolute Gasteiger partial charge is 0.500 e. The Kier molecular flexibility index (Phi) is 14.0. The van der Waals surface area contributed by atoms with Crippen LogP contribution in [-0.2, 0) is 22.1 Å². The van der Waals surface area contributed by atoms with Crippen molar-refractivity contribution in [3.8, 4) is 0 Å². The van der Waals surface area contributed by atoms with Crippen molar-refractivity contribution < 1.29 is 22.1 Å². The SMILES string of the molecule is CCN(C=C([SiH2]CNCCC[Si](OC)(OC)OC)[Si](C)(OC)OC)CC. The van der Waals surface area contributed by atoms with Crippen molar-refractivity contribution in [1.29, 1.82) is 0 Å². The van der Waals surface area contributed by atoms with Crippen LogP contribution in [0.5, 0.6) is 0 Å². The van der Waals surface area contributed by atoms with E-state index >= 15 is 0 Å². The molecule has 0 rings (SSSR count). The van der Waals surface area contributed by atoms with Crippen molar-refractivity contribution >= 4 is 26.9 Å². The smallest absolute Gasteiger partial charge is 0.395 e. The van der Waals surface area contributed by atoms with Crippen LogP contribution >= 0.6 is 0 Å². The molecule has 0 fully saturated rings. The maximum atomic E-state index is 5.79. The van der Waals surface area contributed by atoms with E-state index in [2.05, 4.69) is 36.8 Å². The molecule has 0 radical (unpaired) electrons. The minimum absolute atomic E-state index is 0.502. The van der Waals surface area contributed by atoms with Crippen molar-refractivity contribution in [2.75, 3.05) is 61.4 Å². The predicted molar refractivity (Wildman–Crippen MR) is 114 cm³/mol. The van der Waals surface area contributed by atoms with Crippen molar-refractivity contribution in [3.05, 3.63) is 11.0 Å². The van der Waals surface area contributed by atoms with E-state index in [4.69, 9.17) is 22.1 Å². The summed E-state index contributed by atoms with van der Waals surface area (Å²) in [6, 6.07) is 0.815. The van der Waals surface area contributed by atoms with Gasteiger partial charge in [-0.15, -0.1) is 0 Å². The van der Waals surface area contributed by atoms with Gasteiger partial charge < -0.3 is 32.3 Å². The number of hydrogen-bond donors (Lipinski definition) is 1. The minimum Gasteiger partial charge on any atom is -0.395 e. The normalized spacial score (nSPS) is 13.8.